The summed E-state index contributed by atoms with van der Waals surface area (Å²) >= 11 is 6.17. The molecule has 0 aliphatic rings. The monoisotopic (exact) mass is 254 g/mol. The lowest BCUT2D eigenvalue weighted by Crippen LogP contribution is -2.37. The van der Waals surface area contributed by atoms with Gasteiger partial charge in [-0.2, -0.15) is 0 Å². The van der Waals surface area contributed by atoms with Crippen molar-refractivity contribution >= 4 is 17.7 Å². The van der Waals surface area contributed by atoms with Crippen LogP contribution in [0.5, 0.6) is 0 Å². The highest BCUT2D eigenvalue weighted by molar-refractivity contribution is 6.32. The van der Waals surface area contributed by atoms with Crippen molar-refractivity contribution in [3.63, 3.8) is 0 Å². The van der Waals surface area contributed by atoms with Crippen molar-refractivity contribution in [2.24, 2.45) is 5.73 Å². The molecule has 0 saturated carbocycles. The molecule has 0 saturated heterocycles. The van der Waals surface area contributed by atoms with Gasteiger partial charge in [0.2, 0.25) is 0 Å². The minimum absolute atomic E-state index is 0.129. The third-order valence-corrected chi connectivity index (χ3v) is 2.87. The van der Waals surface area contributed by atoms with Crippen molar-refractivity contribution < 1.29 is 5.11 Å². The molecular weight excluding hydrogens is 236 g/mol. The molecule has 1 atom stereocenters. The van der Waals surface area contributed by atoms with Gasteiger partial charge in [0.15, 0.2) is 0 Å². The number of halogens is 1. The van der Waals surface area contributed by atoms with Crippen LogP contribution in [0.15, 0.2) is 24.4 Å². The number of rotatable bonds is 4. The summed E-state index contributed by atoms with van der Waals surface area (Å²) in [6.07, 6.45) is 3.80. The van der Waals surface area contributed by atoms with Gasteiger partial charge in [-0.25, -0.2) is 0 Å². The van der Waals surface area contributed by atoms with Crippen LogP contribution in [0.25, 0.3) is 6.08 Å². The highest BCUT2D eigenvalue weighted by atomic mass is 35.5. The zero-order valence-electron chi connectivity index (χ0n) is 10.4. The van der Waals surface area contributed by atoms with Gasteiger partial charge in [0.05, 0.1) is 12.1 Å². The number of benzene rings is 1. The second-order valence-electron chi connectivity index (χ2n) is 4.56. The number of hydrogen-bond acceptors (Lipinski definition) is 3. The molecule has 0 heterocycles. The smallest absolute Gasteiger partial charge is 0.0650 e. The molecular formula is C13H19ClN2O. The van der Waals surface area contributed by atoms with Gasteiger partial charge in [0.25, 0.3) is 0 Å². The number of aliphatic hydroxyl groups is 1. The average Bonchev–Trinajstić information content (AvgIpc) is 2.27. The van der Waals surface area contributed by atoms with Crippen LogP contribution >= 0.6 is 11.6 Å². The number of aliphatic hydroxyl groups excluding tert-OH is 1. The van der Waals surface area contributed by atoms with E-state index in [9.17, 15) is 5.11 Å². The summed E-state index contributed by atoms with van der Waals surface area (Å²) in [5, 5.41) is 9.97. The quantitative estimate of drug-likeness (QED) is 0.865. The third kappa shape index (κ3) is 3.46. The summed E-state index contributed by atoms with van der Waals surface area (Å²) in [4.78, 5) is 1.92. The Labute approximate surface area is 107 Å². The molecule has 1 rings (SSSR count). The Morgan fingerprint density at radius 1 is 1.47 bits per heavy atom. The van der Waals surface area contributed by atoms with Crippen LogP contribution in [0.3, 0.4) is 0 Å². The first-order valence-electron chi connectivity index (χ1n) is 5.42. The predicted molar refractivity (Wildman–Crippen MR) is 72.8 cm³/mol. The predicted octanol–water partition coefficient (Wildman–Crippen LogP) is 2.04. The van der Waals surface area contributed by atoms with Crippen LogP contribution in [0.4, 0.5) is 0 Å². The molecule has 1 unspecified atom stereocenters. The summed E-state index contributed by atoms with van der Waals surface area (Å²) in [5.74, 6) is 0. The standard InChI is InChI=1S/C13H19ClN2O/c1-13(15,9-17)11-5-4-6-12(14)10(11)7-8-16(2)3/h4-8,17H,9,15H2,1-3H3/b8-7+. The van der Waals surface area contributed by atoms with Gasteiger partial charge < -0.3 is 15.7 Å². The number of nitrogens with zero attached hydrogens (tertiary/aromatic N) is 1. The van der Waals surface area contributed by atoms with Crippen molar-refractivity contribution in [2.45, 2.75) is 12.5 Å². The van der Waals surface area contributed by atoms with Crippen LogP contribution < -0.4 is 5.73 Å². The topological polar surface area (TPSA) is 49.5 Å². The van der Waals surface area contributed by atoms with E-state index in [2.05, 4.69) is 0 Å². The minimum atomic E-state index is -0.795. The van der Waals surface area contributed by atoms with Crippen molar-refractivity contribution in [3.05, 3.63) is 40.5 Å². The number of nitrogens with two attached hydrogens (primary N) is 1. The van der Waals surface area contributed by atoms with Crippen LogP contribution in [-0.2, 0) is 5.54 Å². The number of hydrogen-bond donors (Lipinski definition) is 2. The average molecular weight is 255 g/mol. The molecule has 94 valence electrons. The van der Waals surface area contributed by atoms with Crippen LogP contribution in [0.2, 0.25) is 5.02 Å². The zero-order valence-corrected chi connectivity index (χ0v) is 11.2. The van der Waals surface area contributed by atoms with Crippen molar-refractivity contribution in [3.8, 4) is 0 Å². The molecule has 3 N–H and O–H groups in total. The molecule has 0 fully saturated rings. The van der Waals surface area contributed by atoms with E-state index in [0.717, 1.165) is 11.1 Å². The molecule has 17 heavy (non-hydrogen) atoms. The Hall–Kier alpha value is -1.03. The molecule has 0 amide bonds. The summed E-state index contributed by atoms with van der Waals surface area (Å²) in [7, 11) is 3.86. The van der Waals surface area contributed by atoms with Gasteiger partial charge in [0.1, 0.15) is 0 Å². The van der Waals surface area contributed by atoms with Gasteiger partial charge in [-0.3, -0.25) is 0 Å². The lowest BCUT2D eigenvalue weighted by molar-refractivity contribution is 0.210. The Kier molecular flexibility index (Phi) is 4.57. The van der Waals surface area contributed by atoms with Gasteiger partial charge in [-0.1, -0.05) is 23.7 Å². The molecule has 0 bridgehead atoms. The summed E-state index contributed by atoms with van der Waals surface area (Å²) in [6, 6.07) is 5.54. The van der Waals surface area contributed by atoms with E-state index < -0.39 is 5.54 Å². The van der Waals surface area contributed by atoms with Crippen LogP contribution in [0, 0.1) is 0 Å². The minimum Gasteiger partial charge on any atom is -0.394 e. The van der Waals surface area contributed by atoms with E-state index in [1.165, 1.54) is 0 Å². The Bertz CT molecular complexity index is 414. The fourth-order valence-electron chi connectivity index (χ4n) is 1.51. The first-order chi connectivity index (χ1) is 7.88. The first-order valence-corrected chi connectivity index (χ1v) is 5.79. The SMILES string of the molecule is CN(C)/C=C/c1c(Cl)cccc1C(C)(N)CO. The molecule has 0 aromatic heterocycles. The lowest BCUT2D eigenvalue weighted by Gasteiger charge is -2.25. The Balaban J connectivity index is 3.27. The van der Waals surface area contributed by atoms with Crippen LogP contribution in [-0.4, -0.2) is 30.7 Å². The van der Waals surface area contributed by atoms with E-state index in [1.807, 2.05) is 49.5 Å². The van der Waals surface area contributed by atoms with Crippen LogP contribution in [0.1, 0.15) is 18.1 Å². The second-order valence-corrected chi connectivity index (χ2v) is 4.96. The lowest BCUT2D eigenvalue weighted by atomic mass is 9.90. The largest absolute Gasteiger partial charge is 0.394 e. The molecule has 4 heteroatoms. The van der Waals surface area contributed by atoms with Gasteiger partial charge in [-0.05, 0) is 36.4 Å². The molecule has 0 aliphatic carbocycles. The van der Waals surface area contributed by atoms with Gasteiger partial charge in [-0.15, -0.1) is 0 Å². The molecule has 0 spiro atoms. The molecule has 1 aromatic rings. The zero-order chi connectivity index (χ0) is 13.1. The van der Waals surface area contributed by atoms with E-state index in [1.54, 1.807) is 6.92 Å². The first kappa shape index (κ1) is 14.0. The fourth-order valence-corrected chi connectivity index (χ4v) is 1.75. The van der Waals surface area contributed by atoms with E-state index in [-0.39, 0.29) is 6.61 Å². The van der Waals surface area contributed by atoms with Crippen molar-refractivity contribution in [1.82, 2.24) is 4.90 Å². The Morgan fingerprint density at radius 2 is 2.12 bits per heavy atom. The fraction of sp³-hybridized carbons (Fsp3) is 0.385. The van der Waals surface area contributed by atoms with E-state index in [0.29, 0.717) is 5.02 Å². The van der Waals surface area contributed by atoms with Gasteiger partial charge >= 0.3 is 0 Å². The Morgan fingerprint density at radius 3 is 2.65 bits per heavy atom. The molecule has 0 radical (unpaired) electrons. The highest BCUT2D eigenvalue weighted by Gasteiger charge is 2.23. The third-order valence-electron chi connectivity index (χ3n) is 2.54. The van der Waals surface area contributed by atoms with E-state index >= 15 is 0 Å². The second kappa shape index (κ2) is 5.54. The summed E-state index contributed by atoms with van der Waals surface area (Å²) < 4.78 is 0. The molecule has 0 aliphatic heterocycles. The van der Waals surface area contributed by atoms with E-state index in [4.69, 9.17) is 17.3 Å². The summed E-state index contributed by atoms with van der Waals surface area (Å²) in [5.41, 5.74) is 6.95. The van der Waals surface area contributed by atoms with Crippen molar-refractivity contribution in [1.29, 1.82) is 0 Å². The van der Waals surface area contributed by atoms with Crippen molar-refractivity contribution in [2.75, 3.05) is 20.7 Å². The highest BCUT2D eigenvalue weighted by Crippen LogP contribution is 2.28. The van der Waals surface area contributed by atoms with Gasteiger partial charge in [0, 0.05) is 19.1 Å². The molecule has 1 aromatic carbocycles. The molecule has 3 nitrogen and oxygen atoms in total. The maximum atomic E-state index is 9.34. The normalized spacial score (nSPS) is 14.9. The maximum absolute atomic E-state index is 9.34. The summed E-state index contributed by atoms with van der Waals surface area (Å²) in [6.45, 7) is 1.65. The maximum Gasteiger partial charge on any atom is 0.0650 e.